The standard InChI is InChI=1S/C10H11NO/c1-7-2-4-9-8(6-7)3-5-10(12)11-9/h2-6,8-9H,1H3,(H,11,12). The van der Waals surface area contributed by atoms with Gasteiger partial charge in [0, 0.05) is 5.92 Å². The molecule has 0 aromatic carbocycles. The van der Waals surface area contributed by atoms with Crippen LogP contribution >= 0.6 is 0 Å². The van der Waals surface area contributed by atoms with Crippen molar-refractivity contribution in [2.75, 3.05) is 0 Å². The SMILES string of the molecule is CC1=CC2C=CC(=O)NC2C=C1. The Hall–Kier alpha value is -1.31. The molecule has 2 unspecified atom stereocenters. The lowest BCUT2D eigenvalue weighted by atomic mass is 9.89. The highest BCUT2D eigenvalue weighted by molar-refractivity contribution is 5.89. The van der Waals surface area contributed by atoms with Crippen molar-refractivity contribution >= 4 is 5.91 Å². The maximum absolute atomic E-state index is 10.9. The zero-order chi connectivity index (χ0) is 8.55. The number of carbonyl (C=O) groups excluding carboxylic acids is 1. The van der Waals surface area contributed by atoms with E-state index in [1.54, 1.807) is 6.08 Å². The first kappa shape index (κ1) is 7.35. The van der Waals surface area contributed by atoms with Gasteiger partial charge >= 0.3 is 0 Å². The average Bonchev–Trinajstić information content (AvgIpc) is 2.05. The summed E-state index contributed by atoms with van der Waals surface area (Å²) in [7, 11) is 0. The van der Waals surface area contributed by atoms with Crippen molar-refractivity contribution < 1.29 is 4.79 Å². The Morgan fingerprint density at radius 1 is 1.33 bits per heavy atom. The summed E-state index contributed by atoms with van der Waals surface area (Å²) in [4.78, 5) is 10.9. The number of fused-ring (bicyclic) bond motifs is 1. The van der Waals surface area contributed by atoms with Gasteiger partial charge in [-0.05, 0) is 13.0 Å². The van der Waals surface area contributed by atoms with Gasteiger partial charge in [-0.2, -0.15) is 0 Å². The third-order valence-corrected chi connectivity index (χ3v) is 2.22. The van der Waals surface area contributed by atoms with Gasteiger partial charge in [-0.25, -0.2) is 0 Å². The van der Waals surface area contributed by atoms with E-state index in [0.717, 1.165) is 0 Å². The lowest BCUT2D eigenvalue weighted by molar-refractivity contribution is -0.117. The molecular weight excluding hydrogens is 150 g/mol. The second-order valence-corrected chi connectivity index (χ2v) is 3.24. The molecule has 0 aromatic rings. The lowest BCUT2D eigenvalue weighted by Gasteiger charge is -2.26. The predicted octanol–water partition coefficient (Wildman–Crippen LogP) is 1.17. The maximum Gasteiger partial charge on any atom is 0.244 e. The highest BCUT2D eigenvalue weighted by Crippen LogP contribution is 2.20. The second kappa shape index (κ2) is 2.63. The van der Waals surface area contributed by atoms with Gasteiger partial charge in [0.1, 0.15) is 0 Å². The van der Waals surface area contributed by atoms with Crippen LogP contribution in [0.2, 0.25) is 0 Å². The van der Waals surface area contributed by atoms with Crippen molar-refractivity contribution in [3.63, 3.8) is 0 Å². The fourth-order valence-electron chi connectivity index (χ4n) is 1.58. The van der Waals surface area contributed by atoms with Gasteiger partial charge < -0.3 is 5.32 Å². The van der Waals surface area contributed by atoms with Crippen LogP contribution < -0.4 is 5.32 Å². The summed E-state index contributed by atoms with van der Waals surface area (Å²) < 4.78 is 0. The van der Waals surface area contributed by atoms with Crippen LogP contribution in [0.4, 0.5) is 0 Å². The first-order valence-electron chi connectivity index (χ1n) is 4.11. The quantitative estimate of drug-likeness (QED) is 0.567. The molecular formula is C10H11NO. The van der Waals surface area contributed by atoms with Gasteiger partial charge in [-0.3, -0.25) is 4.79 Å². The molecule has 62 valence electrons. The molecule has 2 aliphatic rings. The van der Waals surface area contributed by atoms with E-state index in [0.29, 0.717) is 5.92 Å². The smallest absolute Gasteiger partial charge is 0.244 e. The normalized spacial score (nSPS) is 32.4. The molecule has 0 bridgehead atoms. The Kier molecular flexibility index (Phi) is 1.61. The van der Waals surface area contributed by atoms with Crippen LogP contribution in [0.25, 0.3) is 0 Å². The average molecular weight is 161 g/mol. The van der Waals surface area contributed by atoms with Crippen LogP contribution in [-0.2, 0) is 4.79 Å². The zero-order valence-corrected chi connectivity index (χ0v) is 6.95. The number of hydrogen-bond acceptors (Lipinski definition) is 1. The Morgan fingerprint density at radius 3 is 3.00 bits per heavy atom. The van der Waals surface area contributed by atoms with Gasteiger partial charge in [-0.1, -0.05) is 29.9 Å². The molecule has 2 nitrogen and oxygen atoms in total. The molecule has 0 radical (unpaired) electrons. The van der Waals surface area contributed by atoms with Crippen molar-refractivity contribution in [3.8, 4) is 0 Å². The minimum absolute atomic E-state index is 0.00820. The molecule has 1 aliphatic heterocycles. The van der Waals surface area contributed by atoms with E-state index in [2.05, 4.69) is 18.3 Å². The summed E-state index contributed by atoms with van der Waals surface area (Å²) in [6.45, 7) is 2.07. The van der Waals surface area contributed by atoms with E-state index in [1.807, 2.05) is 18.2 Å². The molecule has 0 saturated carbocycles. The highest BCUT2D eigenvalue weighted by atomic mass is 16.1. The van der Waals surface area contributed by atoms with E-state index >= 15 is 0 Å². The zero-order valence-electron chi connectivity index (χ0n) is 6.95. The van der Waals surface area contributed by atoms with Gasteiger partial charge in [0.25, 0.3) is 0 Å². The molecule has 2 rings (SSSR count). The third-order valence-electron chi connectivity index (χ3n) is 2.22. The first-order chi connectivity index (χ1) is 5.75. The van der Waals surface area contributed by atoms with E-state index in [9.17, 15) is 4.79 Å². The Balaban J connectivity index is 2.27. The molecule has 1 heterocycles. The van der Waals surface area contributed by atoms with Crippen molar-refractivity contribution in [1.29, 1.82) is 0 Å². The maximum atomic E-state index is 10.9. The summed E-state index contributed by atoms with van der Waals surface area (Å²) >= 11 is 0. The molecule has 2 atom stereocenters. The topological polar surface area (TPSA) is 29.1 Å². The van der Waals surface area contributed by atoms with Crippen molar-refractivity contribution in [2.45, 2.75) is 13.0 Å². The van der Waals surface area contributed by atoms with Gasteiger partial charge in [0.05, 0.1) is 6.04 Å². The fraction of sp³-hybridized carbons (Fsp3) is 0.300. The third kappa shape index (κ3) is 1.20. The van der Waals surface area contributed by atoms with Crippen LogP contribution in [0, 0.1) is 5.92 Å². The second-order valence-electron chi connectivity index (χ2n) is 3.24. The number of rotatable bonds is 0. The number of nitrogens with one attached hydrogen (secondary N) is 1. The van der Waals surface area contributed by atoms with Gasteiger partial charge in [-0.15, -0.1) is 0 Å². The van der Waals surface area contributed by atoms with E-state index in [-0.39, 0.29) is 11.9 Å². The molecule has 1 aliphatic carbocycles. The molecule has 1 amide bonds. The summed E-state index contributed by atoms with van der Waals surface area (Å²) in [6, 6.07) is 0.172. The Bertz CT molecular complexity index is 299. The van der Waals surface area contributed by atoms with Gasteiger partial charge in [0.2, 0.25) is 5.91 Å². The summed E-state index contributed by atoms with van der Waals surface area (Å²) in [5.74, 6) is 0.363. The van der Waals surface area contributed by atoms with E-state index < -0.39 is 0 Å². The van der Waals surface area contributed by atoms with Crippen LogP contribution in [0.1, 0.15) is 6.92 Å². The first-order valence-corrected chi connectivity index (χ1v) is 4.11. The minimum atomic E-state index is 0.00820. The van der Waals surface area contributed by atoms with Crippen LogP contribution in [0.5, 0.6) is 0 Å². The number of hydrogen-bond donors (Lipinski definition) is 1. The molecule has 0 aromatic heterocycles. The molecule has 2 heteroatoms. The van der Waals surface area contributed by atoms with E-state index in [1.165, 1.54) is 5.57 Å². The highest BCUT2D eigenvalue weighted by Gasteiger charge is 2.22. The van der Waals surface area contributed by atoms with Crippen molar-refractivity contribution in [2.24, 2.45) is 5.92 Å². The number of carbonyl (C=O) groups is 1. The summed E-state index contributed by atoms with van der Waals surface area (Å²) in [5, 5.41) is 2.88. The molecule has 0 saturated heterocycles. The molecule has 12 heavy (non-hydrogen) atoms. The summed E-state index contributed by atoms with van der Waals surface area (Å²) in [6.07, 6.45) is 9.81. The fourth-order valence-corrected chi connectivity index (χ4v) is 1.58. The molecule has 0 fully saturated rings. The van der Waals surface area contributed by atoms with E-state index in [4.69, 9.17) is 0 Å². The monoisotopic (exact) mass is 161 g/mol. The minimum Gasteiger partial charge on any atom is -0.345 e. The largest absolute Gasteiger partial charge is 0.345 e. The van der Waals surface area contributed by atoms with Crippen LogP contribution in [0.15, 0.2) is 36.0 Å². The molecule has 1 N–H and O–H groups in total. The molecule has 0 spiro atoms. The van der Waals surface area contributed by atoms with Crippen LogP contribution in [-0.4, -0.2) is 11.9 Å². The Labute approximate surface area is 71.7 Å². The summed E-state index contributed by atoms with van der Waals surface area (Å²) in [5.41, 5.74) is 1.26. The number of allylic oxidation sites excluding steroid dienone is 2. The lowest BCUT2D eigenvalue weighted by Crippen LogP contribution is -2.40. The van der Waals surface area contributed by atoms with Crippen molar-refractivity contribution in [1.82, 2.24) is 5.32 Å². The predicted molar refractivity (Wildman–Crippen MR) is 47.5 cm³/mol. The van der Waals surface area contributed by atoms with Crippen molar-refractivity contribution in [3.05, 3.63) is 36.0 Å². The van der Waals surface area contributed by atoms with Gasteiger partial charge in [0.15, 0.2) is 0 Å². The Morgan fingerprint density at radius 2 is 2.17 bits per heavy atom. The van der Waals surface area contributed by atoms with Crippen LogP contribution in [0.3, 0.4) is 0 Å². The number of amides is 1.